The topological polar surface area (TPSA) is 76.4 Å². The highest BCUT2D eigenvalue weighted by Crippen LogP contribution is 2.25. The van der Waals surface area contributed by atoms with Crippen LogP contribution >= 0.6 is 0 Å². The van der Waals surface area contributed by atoms with Crippen LogP contribution in [0, 0.1) is 18.3 Å². The van der Waals surface area contributed by atoms with Crippen LogP contribution in [0.2, 0.25) is 0 Å². The Hall–Kier alpha value is -3.14. The highest BCUT2D eigenvalue weighted by molar-refractivity contribution is 7.87. The maximum Gasteiger partial charge on any atom is 0.339 e. The van der Waals surface area contributed by atoms with Gasteiger partial charge in [-0.25, -0.2) is 0 Å². The van der Waals surface area contributed by atoms with Crippen molar-refractivity contribution < 1.29 is 17.3 Å². The summed E-state index contributed by atoms with van der Waals surface area (Å²) in [7, 11) is -3.96. The van der Waals surface area contributed by atoms with Crippen molar-refractivity contribution in [3.05, 3.63) is 95.6 Å². The molecule has 0 bridgehead atoms. The van der Waals surface area contributed by atoms with E-state index in [1.54, 1.807) is 24.3 Å². The molecule has 0 aliphatic carbocycles. The zero-order valence-corrected chi connectivity index (χ0v) is 16.1. The fourth-order valence-corrected chi connectivity index (χ4v) is 3.49. The molecule has 0 spiro atoms. The fraction of sp³-hybridized carbons (Fsp3) is 0.136. The number of nitrogens with zero attached hydrogens (tertiary/aromatic N) is 1. The summed E-state index contributed by atoms with van der Waals surface area (Å²) in [4.78, 5) is 0.0701. The molecule has 28 heavy (non-hydrogen) atoms. The van der Waals surface area contributed by atoms with Gasteiger partial charge in [0.05, 0.1) is 12.7 Å². The summed E-state index contributed by atoms with van der Waals surface area (Å²) in [6.45, 7) is 2.14. The Balaban J connectivity index is 1.75. The molecule has 3 rings (SSSR count). The van der Waals surface area contributed by atoms with Gasteiger partial charge < -0.3 is 8.92 Å². The molecule has 0 saturated carbocycles. The molecule has 0 radical (unpaired) electrons. The molecule has 1 atom stereocenters. The van der Waals surface area contributed by atoms with Crippen LogP contribution in [0.4, 0.5) is 0 Å². The summed E-state index contributed by atoms with van der Waals surface area (Å²) < 4.78 is 35.8. The second-order valence-electron chi connectivity index (χ2n) is 6.23. The van der Waals surface area contributed by atoms with Crippen LogP contribution in [0.1, 0.15) is 22.8 Å². The maximum absolute atomic E-state index is 12.5. The van der Waals surface area contributed by atoms with Gasteiger partial charge in [-0.2, -0.15) is 13.7 Å². The summed E-state index contributed by atoms with van der Waals surface area (Å²) in [6.07, 6.45) is -0.842. The van der Waals surface area contributed by atoms with Crippen LogP contribution in [-0.2, 0) is 21.5 Å². The molecular formula is C22H19NO4S. The molecule has 0 aliphatic rings. The van der Waals surface area contributed by atoms with Crippen LogP contribution < -0.4 is 4.18 Å². The first-order valence-corrected chi connectivity index (χ1v) is 10.0. The largest absolute Gasteiger partial charge is 0.379 e. The SMILES string of the molecule is Cc1ccc(S(=O)(=O)Oc2cccc(C(C#N)OCc3ccccc3)c2)cc1. The molecule has 6 heteroatoms. The Morgan fingerprint density at radius 3 is 2.36 bits per heavy atom. The molecule has 3 aromatic rings. The fourth-order valence-electron chi connectivity index (χ4n) is 2.57. The van der Waals surface area contributed by atoms with E-state index in [2.05, 4.69) is 6.07 Å². The highest BCUT2D eigenvalue weighted by atomic mass is 32.2. The van der Waals surface area contributed by atoms with E-state index < -0.39 is 16.2 Å². The van der Waals surface area contributed by atoms with E-state index in [-0.39, 0.29) is 17.3 Å². The number of ether oxygens (including phenoxy) is 1. The quantitative estimate of drug-likeness (QED) is 0.551. The first-order valence-electron chi connectivity index (χ1n) is 8.64. The maximum atomic E-state index is 12.5. The Labute approximate surface area is 164 Å². The molecule has 1 unspecified atom stereocenters. The number of hydrogen-bond donors (Lipinski definition) is 0. The van der Waals surface area contributed by atoms with E-state index in [1.807, 2.05) is 37.3 Å². The van der Waals surface area contributed by atoms with Crippen molar-refractivity contribution in [3.8, 4) is 11.8 Å². The lowest BCUT2D eigenvalue weighted by Gasteiger charge is -2.13. The third-order valence-electron chi connectivity index (χ3n) is 4.05. The molecule has 0 amide bonds. The van der Waals surface area contributed by atoms with Crippen molar-refractivity contribution in [1.82, 2.24) is 0 Å². The van der Waals surface area contributed by atoms with E-state index in [0.717, 1.165) is 11.1 Å². The number of nitriles is 1. The molecule has 0 N–H and O–H groups in total. The van der Waals surface area contributed by atoms with Crippen LogP contribution in [0.15, 0.2) is 83.8 Å². The minimum Gasteiger partial charge on any atom is -0.379 e. The van der Waals surface area contributed by atoms with Gasteiger partial charge >= 0.3 is 10.1 Å². The second kappa shape index (κ2) is 8.70. The van der Waals surface area contributed by atoms with Gasteiger partial charge in [0.25, 0.3) is 0 Å². The summed E-state index contributed by atoms with van der Waals surface area (Å²) in [5.74, 6) is 0.127. The van der Waals surface area contributed by atoms with E-state index in [4.69, 9.17) is 8.92 Å². The monoisotopic (exact) mass is 393 g/mol. The minimum absolute atomic E-state index is 0.0701. The molecule has 0 heterocycles. The van der Waals surface area contributed by atoms with E-state index >= 15 is 0 Å². The Kier molecular flexibility index (Phi) is 6.09. The van der Waals surface area contributed by atoms with Crippen molar-refractivity contribution in [2.45, 2.75) is 24.5 Å². The molecule has 142 valence electrons. The number of hydrogen-bond acceptors (Lipinski definition) is 5. The summed E-state index contributed by atoms with van der Waals surface area (Å²) >= 11 is 0. The predicted molar refractivity (Wildman–Crippen MR) is 105 cm³/mol. The standard InChI is InChI=1S/C22H19NO4S/c1-17-10-12-21(13-11-17)28(24,25)27-20-9-5-8-19(14-20)22(15-23)26-16-18-6-3-2-4-7-18/h2-14,22H,16H2,1H3. The van der Waals surface area contributed by atoms with E-state index in [1.165, 1.54) is 24.3 Å². The van der Waals surface area contributed by atoms with E-state index in [0.29, 0.717) is 5.56 Å². The zero-order chi connectivity index (χ0) is 20.0. The van der Waals surface area contributed by atoms with Gasteiger partial charge in [0.15, 0.2) is 6.10 Å². The first-order chi connectivity index (χ1) is 13.5. The first kappa shape index (κ1) is 19.6. The summed E-state index contributed by atoms with van der Waals surface area (Å²) in [5, 5.41) is 9.45. The summed E-state index contributed by atoms with van der Waals surface area (Å²) in [5.41, 5.74) is 2.42. The predicted octanol–water partition coefficient (Wildman–Crippen LogP) is 4.54. The average molecular weight is 393 g/mol. The van der Waals surface area contributed by atoms with Crippen molar-refractivity contribution in [3.63, 3.8) is 0 Å². The average Bonchev–Trinajstić information content (AvgIpc) is 2.69. The molecule has 0 aliphatic heterocycles. The zero-order valence-electron chi connectivity index (χ0n) is 15.3. The number of rotatable bonds is 7. The highest BCUT2D eigenvalue weighted by Gasteiger charge is 2.18. The van der Waals surface area contributed by atoms with Gasteiger partial charge in [-0.15, -0.1) is 0 Å². The third-order valence-corrected chi connectivity index (χ3v) is 5.31. The lowest BCUT2D eigenvalue weighted by molar-refractivity contribution is 0.0766. The van der Waals surface area contributed by atoms with Gasteiger partial charge in [-0.1, -0.05) is 60.2 Å². The van der Waals surface area contributed by atoms with Gasteiger partial charge in [0.2, 0.25) is 0 Å². The molecular weight excluding hydrogens is 374 g/mol. The molecule has 0 saturated heterocycles. The van der Waals surface area contributed by atoms with Gasteiger partial charge in [0, 0.05) is 0 Å². The van der Waals surface area contributed by atoms with Gasteiger partial charge in [-0.05, 0) is 42.3 Å². The van der Waals surface area contributed by atoms with Crippen LogP contribution in [0.25, 0.3) is 0 Å². The van der Waals surface area contributed by atoms with Crippen molar-refractivity contribution in [1.29, 1.82) is 5.26 Å². The molecule has 0 aromatic heterocycles. The van der Waals surface area contributed by atoms with Crippen LogP contribution in [0.3, 0.4) is 0 Å². The van der Waals surface area contributed by atoms with Crippen molar-refractivity contribution in [2.75, 3.05) is 0 Å². The lowest BCUT2D eigenvalue weighted by atomic mass is 10.1. The second-order valence-corrected chi connectivity index (χ2v) is 7.78. The third kappa shape index (κ3) is 4.97. The van der Waals surface area contributed by atoms with Gasteiger partial charge in [-0.3, -0.25) is 0 Å². The smallest absolute Gasteiger partial charge is 0.339 e. The summed E-state index contributed by atoms with van der Waals surface area (Å²) in [6, 6.07) is 24.4. The molecule has 0 fully saturated rings. The molecule has 3 aromatic carbocycles. The minimum atomic E-state index is -3.96. The number of aryl methyl sites for hydroxylation is 1. The normalized spacial score (nSPS) is 12.1. The Bertz CT molecular complexity index is 1070. The molecule has 5 nitrogen and oxygen atoms in total. The van der Waals surface area contributed by atoms with Gasteiger partial charge in [0.1, 0.15) is 10.6 Å². The van der Waals surface area contributed by atoms with E-state index in [9.17, 15) is 13.7 Å². The Morgan fingerprint density at radius 2 is 1.68 bits per heavy atom. The van der Waals surface area contributed by atoms with Crippen molar-refractivity contribution in [2.24, 2.45) is 0 Å². The number of benzene rings is 3. The lowest BCUT2D eigenvalue weighted by Crippen LogP contribution is -2.10. The van der Waals surface area contributed by atoms with Crippen molar-refractivity contribution >= 4 is 10.1 Å². The van der Waals surface area contributed by atoms with Crippen LogP contribution in [0.5, 0.6) is 5.75 Å². The van der Waals surface area contributed by atoms with Crippen LogP contribution in [-0.4, -0.2) is 8.42 Å². The Morgan fingerprint density at radius 1 is 0.964 bits per heavy atom.